The van der Waals surface area contributed by atoms with Crippen LogP contribution < -0.4 is 5.32 Å². The topological polar surface area (TPSA) is 35.8 Å². The molecule has 2 nitrogen and oxygen atoms in total. The van der Waals surface area contributed by atoms with Crippen molar-refractivity contribution in [2.24, 2.45) is 5.41 Å². The van der Waals surface area contributed by atoms with Crippen molar-refractivity contribution in [1.82, 2.24) is 5.32 Å². The average molecular weight is 240 g/mol. The van der Waals surface area contributed by atoms with Gasteiger partial charge in [-0.2, -0.15) is 17.0 Å². The summed E-state index contributed by atoms with van der Waals surface area (Å²) >= 11 is 2.01. The van der Waals surface area contributed by atoms with Crippen LogP contribution in [0.1, 0.15) is 46.0 Å². The number of rotatable bonds is 5. The van der Waals surface area contributed by atoms with Crippen LogP contribution in [0, 0.1) is 16.7 Å². The van der Waals surface area contributed by atoms with Gasteiger partial charge in [0.05, 0.1) is 11.5 Å². The summed E-state index contributed by atoms with van der Waals surface area (Å²) in [5.41, 5.74) is -0.177. The lowest BCUT2D eigenvalue weighted by Gasteiger charge is -2.28. The molecular weight excluding hydrogens is 216 g/mol. The first-order valence-electron chi connectivity index (χ1n) is 6.25. The highest BCUT2D eigenvalue weighted by Gasteiger charge is 2.21. The molecule has 1 aliphatic carbocycles. The molecule has 0 aromatic carbocycles. The molecule has 1 N–H and O–H groups in total. The van der Waals surface area contributed by atoms with Gasteiger partial charge in [0.25, 0.3) is 0 Å². The molecule has 0 aromatic rings. The Morgan fingerprint density at radius 1 is 1.31 bits per heavy atom. The maximum atomic E-state index is 8.92. The maximum absolute atomic E-state index is 8.92. The summed E-state index contributed by atoms with van der Waals surface area (Å²) in [4.78, 5) is 0. The standard InChI is InChI=1S/C13H24N2S/c1-13(2,10-14)8-9-15-11-4-6-12(16-3)7-5-11/h11-12,15H,4-9H2,1-3H3. The van der Waals surface area contributed by atoms with Crippen molar-refractivity contribution in [1.29, 1.82) is 5.26 Å². The Morgan fingerprint density at radius 3 is 2.44 bits per heavy atom. The largest absolute Gasteiger partial charge is 0.314 e. The SMILES string of the molecule is CSC1CCC(NCCC(C)(C)C#N)CC1. The summed E-state index contributed by atoms with van der Waals surface area (Å²) in [6.45, 7) is 5.01. The molecule has 1 aliphatic rings. The van der Waals surface area contributed by atoms with Crippen LogP contribution in [0.25, 0.3) is 0 Å². The predicted molar refractivity (Wildman–Crippen MR) is 71.6 cm³/mol. The first-order chi connectivity index (χ1) is 7.57. The highest BCUT2D eigenvalue weighted by molar-refractivity contribution is 7.99. The van der Waals surface area contributed by atoms with Gasteiger partial charge in [0.2, 0.25) is 0 Å². The number of hydrogen-bond acceptors (Lipinski definition) is 3. The van der Waals surface area contributed by atoms with Gasteiger partial charge in [-0.05, 0) is 58.8 Å². The molecule has 0 radical (unpaired) electrons. The van der Waals surface area contributed by atoms with E-state index in [1.807, 2.05) is 25.6 Å². The number of nitrogens with zero attached hydrogens (tertiary/aromatic N) is 1. The van der Waals surface area contributed by atoms with Crippen molar-refractivity contribution in [3.63, 3.8) is 0 Å². The highest BCUT2D eigenvalue weighted by Crippen LogP contribution is 2.27. The normalized spacial score (nSPS) is 26.4. The summed E-state index contributed by atoms with van der Waals surface area (Å²) in [5.74, 6) is 0. The molecule has 0 bridgehead atoms. The lowest BCUT2D eigenvalue weighted by molar-refractivity contribution is 0.351. The van der Waals surface area contributed by atoms with Crippen LogP contribution in [0.5, 0.6) is 0 Å². The third-order valence-corrected chi connectivity index (χ3v) is 4.63. The van der Waals surface area contributed by atoms with E-state index in [-0.39, 0.29) is 5.41 Å². The van der Waals surface area contributed by atoms with Crippen molar-refractivity contribution in [2.45, 2.75) is 57.2 Å². The van der Waals surface area contributed by atoms with Gasteiger partial charge in [0.15, 0.2) is 0 Å². The van der Waals surface area contributed by atoms with Crippen LogP contribution in [0.15, 0.2) is 0 Å². The molecule has 16 heavy (non-hydrogen) atoms. The van der Waals surface area contributed by atoms with Crippen LogP contribution in [-0.4, -0.2) is 24.1 Å². The average Bonchev–Trinajstić information content (AvgIpc) is 2.30. The third-order valence-electron chi connectivity index (χ3n) is 3.49. The Balaban J connectivity index is 2.14. The summed E-state index contributed by atoms with van der Waals surface area (Å²) in [5, 5.41) is 13.4. The van der Waals surface area contributed by atoms with Gasteiger partial charge in [-0.25, -0.2) is 0 Å². The molecule has 0 saturated heterocycles. The Kier molecular flexibility index (Phi) is 5.64. The number of nitrogens with one attached hydrogen (secondary N) is 1. The van der Waals surface area contributed by atoms with Gasteiger partial charge < -0.3 is 5.32 Å². The molecule has 1 fully saturated rings. The zero-order valence-electron chi connectivity index (χ0n) is 10.8. The van der Waals surface area contributed by atoms with E-state index in [2.05, 4.69) is 17.6 Å². The van der Waals surface area contributed by atoms with Gasteiger partial charge in [-0.1, -0.05) is 0 Å². The fraction of sp³-hybridized carbons (Fsp3) is 0.923. The molecular formula is C13H24N2S. The Labute approximate surface area is 104 Å². The monoisotopic (exact) mass is 240 g/mol. The molecule has 92 valence electrons. The van der Waals surface area contributed by atoms with E-state index in [0.717, 1.165) is 18.2 Å². The Morgan fingerprint density at radius 2 is 1.94 bits per heavy atom. The van der Waals surface area contributed by atoms with Crippen LogP contribution >= 0.6 is 11.8 Å². The molecule has 0 unspecified atom stereocenters. The van der Waals surface area contributed by atoms with Gasteiger partial charge in [0.1, 0.15) is 0 Å². The smallest absolute Gasteiger partial charge is 0.0684 e. The first kappa shape index (κ1) is 13.9. The summed E-state index contributed by atoms with van der Waals surface area (Å²) in [6, 6.07) is 3.04. The molecule has 3 heteroatoms. The highest BCUT2D eigenvalue weighted by atomic mass is 32.2. The van der Waals surface area contributed by atoms with E-state index in [1.54, 1.807) is 0 Å². The fourth-order valence-corrected chi connectivity index (χ4v) is 2.89. The molecule has 0 aliphatic heterocycles. The van der Waals surface area contributed by atoms with E-state index >= 15 is 0 Å². The van der Waals surface area contributed by atoms with E-state index in [4.69, 9.17) is 5.26 Å². The predicted octanol–water partition coefficient (Wildman–Crippen LogP) is 3.19. The zero-order chi connectivity index (χ0) is 12.0. The minimum absolute atomic E-state index is 0.177. The molecule has 0 atom stereocenters. The van der Waals surface area contributed by atoms with Crippen LogP contribution in [0.2, 0.25) is 0 Å². The van der Waals surface area contributed by atoms with Crippen molar-refractivity contribution >= 4 is 11.8 Å². The zero-order valence-corrected chi connectivity index (χ0v) is 11.6. The Hall–Kier alpha value is -0.200. The van der Waals surface area contributed by atoms with Crippen molar-refractivity contribution < 1.29 is 0 Å². The van der Waals surface area contributed by atoms with E-state index in [9.17, 15) is 0 Å². The van der Waals surface area contributed by atoms with Crippen LogP contribution in [-0.2, 0) is 0 Å². The molecule has 0 aromatic heterocycles. The second-order valence-corrected chi connectivity index (χ2v) is 6.55. The molecule has 1 rings (SSSR count). The minimum Gasteiger partial charge on any atom is -0.314 e. The van der Waals surface area contributed by atoms with Crippen molar-refractivity contribution in [3.05, 3.63) is 0 Å². The van der Waals surface area contributed by atoms with E-state index in [0.29, 0.717) is 6.04 Å². The van der Waals surface area contributed by atoms with Gasteiger partial charge in [-0.3, -0.25) is 0 Å². The summed E-state index contributed by atoms with van der Waals surface area (Å²) in [6.07, 6.45) is 8.47. The van der Waals surface area contributed by atoms with E-state index in [1.165, 1.54) is 25.7 Å². The first-order valence-corrected chi connectivity index (χ1v) is 7.53. The summed E-state index contributed by atoms with van der Waals surface area (Å²) < 4.78 is 0. The lowest BCUT2D eigenvalue weighted by atomic mass is 9.90. The second-order valence-electron chi connectivity index (χ2n) is 5.41. The van der Waals surface area contributed by atoms with Gasteiger partial charge in [-0.15, -0.1) is 0 Å². The molecule has 0 amide bonds. The number of hydrogen-bond donors (Lipinski definition) is 1. The quantitative estimate of drug-likeness (QED) is 0.801. The summed E-state index contributed by atoms with van der Waals surface area (Å²) in [7, 11) is 0. The lowest BCUT2D eigenvalue weighted by Crippen LogP contribution is -2.35. The van der Waals surface area contributed by atoms with Crippen LogP contribution in [0.3, 0.4) is 0 Å². The fourth-order valence-electron chi connectivity index (χ4n) is 2.15. The Bertz CT molecular complexity index is 237. The van der Waals surface area contributed by atoms with Crippen molar-refractivity contribution in [2.75, 3.05) is 12.8 Å². The van der Waals surface area contributed by atoms with Crippen molar-refractivity contribution in [3.8, 4) is 6.07 Å². The van der Waals surface area contributed by atoms with Gasteiger partial charge in [0, 0.05) is 11.3 Å². The van der Waals surface area contributed by atoms with E-state index < -0.39 is 0 Å². The van der Waals surface area contributed by atoms with Gasteiger partial charge >= 0.3 is 0 Å². The molecule has 0 heterocycles. The number of thioether (sulfide) groups is 1. The molecule has 0 spiro atoms. The maximum Gasteiger partial charge on any atom is 0.0684 e. The van der Waals surface area contributed by atoms with Crippen LogP contribution in [0.4, 0.5) is 0 Å². The second kappa shape index (κ2) is 6.51. The third kappa shape index (κ3) is 4.76. The minimum atomic E-state index is -0.177. The molecule has 1 saturated carbocycles. The number of nitriles is 1.